The van der Waals surface area contributed by atoms with Crippen LogP contribution in [0.3, 0.4) is 0 Å². The Morgan fingerprint density at radius 3 is 2.38 bits per heavy atom. The van der Waals surface area contributed by atoms with Crippen LogP contribution in [-0.2, 0) is 0 Å². The minimum absolute atomic E-state index is 0.662. The second kappa shape index (κ2) is 3.61. The van der Waals surface area contributed by atoms with E-state index in [0.29, 0.717) is 5.54 Å². The molecule has 0 saturated carbocycles. The Hall–Kier alpha value is -0.0400. The van der Waals surface area contributed by atoms with Crippen LogP contribution in [0.15, 0.2) is 0 Å². The highest BCUT2D eigenvalue weighted by Crippen LogP contribution is 2.43. The van der Waals surface area contributed by atoms with Crippen molar-refractivity contribution in [3.63, 3.8) is 0 Å². The Bertz CT molecular complexity index is 166. The first-order valence-corrected chi connectivity index (χ1v) is 6.02. The summed E-state index contributed by atoms with van der Waals surface area (Å²) in [5.41, 5.74) is 0.662. The number of hydrogen-bond acceptors (Lipinski definition) is 1. The largest absolute Gasteiger partial charge is 0.298 e. The molecule has 1 atom stereocenters. The van der Waals surface area contributed by atoms with E-state index in [-0.39, 0.29) is 0 Å². The summed E-state index contributed by atoms with van der Waals surface area (Å²) in [4.78, 5) is 2.78. The van der Waals surface area contributed by atoms with Crippen LogP contribution < -0.4 is 0 Å². The third-order valence-electron chi connectivity index (χ3n) is 4.24. The van der Waals surface area contributed by atoms with E-state index in [9.17, 15) is 0 Å². The quantitative estimate of drug-likeness (QED) is 0.647. The van der Waals surface area contributed by atoms with Gasteiger partial charge in [-0.05, 0) is 51.1 Å². The van der Waals surface area contributed by atoms with Crippen LogP contribution in [0.5, 0.6) is 0 Å². The van der Waals surface area contributed by atoms with Crippen LogP contribution in [-0.4, -0.2) is 23.5 Å². The Labute approximate surface area is 82.5 Å². The molecule has 1 heteroatoms. The van der Waals surface area contributed by atoms with Crippen molar-refractivity contribution in [1.82, 2.24) is 4.90 Å². The molecular formula is C12H23N. The fraction of sp³-hybridized carbons (Fsp3) is 1.00. The monoisotopic (exact) mass is 181 g/mol. The predicted molar refractivity (Wildman–Crippen MR) is 56.8 cm³/mol. The van der Waals surface area contributed by atoms with Crippen molar-refractivity contribution in [3.8, 4) is 0 Å². The highest BCUT2D eigenvalue weighted by atomic mass is 15.2. The van der Waals surface area contributed by atoms with Gasteiger partial charge in [0.05, 0.1) is 0 Å². The molecule has 2 fully saturated rings. The predicted octanol–water partition coefficient (Wildman–Crippen LogP) is 3.05. The fourth-order valence-corrected chi connectivity index (χ4v) is 3.35. The van der Waals surface area contributed by atoms with E-state index in [4.69, 9.17) is 0 Å². The van der Waals surface area contributed by atoms with Crippen molar-refractivity contribution < 1.29 is 0 Å². The van der Waals surface area contributed by atoms with E-state index in [1.807, 2.05) is 0 Å². The molecule has 0 bridgehead atoms. The van der Waals surface area contributed by atoms with Gasteiger partial charge in [0.15, 0.2) is 0 Å². The minimum Gasteiger partial charge on any atom is -0.298 e. The van der Waals surface area contributed by atoms with Gasteiger partial charge in [0, 0.05) is 5.54 Å². The lowest BCUT2D eigenvalue weighted by Gasteiger charge is -2.34. The maximum absolute atomic E-state index is 2.78. The third kappa shape index (κ3) is 1.63. The zero-order valence-electron chi connectivity index (χ0n) is 9.18. The van der Waals surface area contributed by atoms with Gasteiger partial charge in [0.25, 0.3) is 0 Å². The molecule has 2 aliphatic rings. The van der Waals surface area contributed by atoms with Gasteiger partial charge < -0.3 is 0 Å². The van der Waals surface area contributed by atoms with Gasteiger partial charge in [-0.25, -0.2) is 0 Å². The van der Waals surface area contributed by atoms with E-state index < -0.39 is 0 Å². The topological polar surface area (TPSA) is 3.24 Å². The first-order chi connectivity index (χ1) is 6.27. The van der Waals surface area contributed by atoms with E-state index in [1.54, 1.807) is 0 Å². The van der Waals surface area contributed by atoms with Crippen molar-refractivity contribution in [2.45, 2.75) is 57.9 Å². The van der Waals surface area contributed by atoms with Crippen LogP contribution in [0, 0.1) is 5.92 Å². The Balaban J connectivity index is 2.01. The summed E-state index contributed by atoms with van der Waals surface area (Å²) in [6.45, 7) is 7.52. The van der Waals surface area contributed by atoms with Crippen LogP contribution in [0.2, 0.25) is 0 Å². The smallest absolute Gasteiger partial charge is 0.0213 e. The number of hydrogen-bond donors (Lipinski definition) is 0. The fourth-order valence-electron chi connectivity index (χ4n) is 3.35. The molecule has 2 aliphatic heterocycles. The Morgan fingerprint density at radius 1 is 1.23 bits per heavy atom. The summed E-state index contributed by atoms with van der Waals surface area (Å²) in [5, 5.41) is 0. The van der Waals surface area contributed by atoms with Gasteiger partial charge in [-0.15, -0.1) is 0 Å². The number of nitrogens with zero attached hydrogens (tertiary/aromatic N) is 1. The van der Waals surface area contributed by atoms with Gasteiger partial charge >= 0.3 is 0 Å². The zero-order valence-corrected chi connectivity index (χ0v) is 9.18. The van der Waals surface area contributed by atoms with E-state index >= 15 is 0 Å². The summed E-state index contributed by atoms with van der Waals surface area (Å²) in [6.07, 6.45) is 8.70. The average Bonchev–Trinajstić information content (AvgIpc) is 2.62. The van der Waals surface area contributed by atoms with Crippen molar-refractivity contribution in [2.24, 2.45) is 5.92 Å². The molecule has 2 rings (SSSR count). The Kier molecular flexibility index (Phi) is 2.64. The number of rotatable bonds is 3. The van der Waals surface area contributed by atoms with Gasteiger partial charge in [-0.3, -0.25) is 4.90 Å². The van der Waals surface area contributed by atoms with Crippen LogP contribution in [0.4, 0.5) is 0 Å². The van der Waals surface area contributed by atoms with Crippen LogP contribution in [0.1, 0.15) is 52.4 Å². The summed E-state index contributed by atoms with van der Waals surface area (Å²) in [7, 11) is 0. The molecule has 0 aliphatic carbocycles. The highest BCUT2D eigenvalue weighted by molar-refractivity contribution is 5.00. The second-order valence-corrected chi connectivity index (χ2v) is 5.14. The van der Waals surface area contributed by atoms with E-state index in [2.05, 4.69) is 18.7 Å². The Morgan fingerprint density at radius 2 is 1.85 bits per heavy atom. The molecule has 0 N–H and O–H groups in total. The molecule has 1 unspecified atom stereocenters. The summed E-state index contributed by atoms with van der Waals surface area (Å²) in [5.74, 6) is 0.929. The van der Waals surface area contributed by atoms with Crippen molar-refractivity contribution in [1.29, 1.82) is 0 Å². The average molecular weight is 181 g/mol. The molecule has 1 nitrogen and oxygen atoms in total. The molecule has 0 aromatic rings. The van der Waals surface area contributed by atoms with Gasteiger partial charge in [-0.2, -0.15) is 0 Å². The van der Waals surface area contributed by atoms with Crippen molar-refractivity contribution >= 4 is 0 Å². The summed E-state index contributed by atoms with van der Waals surface area (Å²) in [6, 6.07) is 0. The second-order valence-electron chi connectivity index (χ2n) is 5.14. The molecule has 76 valence electrons. The van der Waals surface area contributed by atoms with Gasteiger partial charge in [0.2, 0.25) is 0 Å². The van der Waals surface area contributed by atoms with E-state index in [0.717, 1.165) is 5.92 Å². The molecule has 2 saturated heterocycles. The third-order valence-corrected chi connectivity index (χ3v) is 4.24. The highest BCUT2D eigenvalue weighted by Gasteiger charge is 2.44. The SMILES string of the molecule is CCC(C)CC12CCCN1CCC2. The molecule has 0 aromatic carbocycles. The lowest BCUT2D eigenvalue weighted by Crippen LogP contribution is -2.39. The minimum atomic E-state index is 0.662. The van der Waals surface area contributed by atoms with Crippen molar-refractivity contribution in [2.75, 3.05) is 13.1 Å². The maximum Gasteiger partial charge on any atom is 0.0213 e. The lowest BCUT2D eigenvalue weighted by atomic mass is 9.84. The van der Waals surface area contributed by atoms with Gasteiger partial charge in [-0.1, -0.05) is 20.3 Å². The molecule has 0 amide bonds. The molecule has 2 heterocycles. The van der Waals surface area contributed by atoms with Gasteiger partial charge in [0.1, 0.15) is 0 Å². The van der Waals surface area contributed by atoms with Crippen LogP contribution in [0.25, 0.3) is 0 Å². The normalized spacial score (nSPS) is 29.1. The molecule has 0 radical (unpaired) electrons. The summed E-state index contributed by atoms with van der Waals surface area (Å²) >= 11 is 0. The number of fused-ring (bicyclic) bond motifs is 1. The van der Waals surface area contributed by atoms with Crippen LogP contribution >= 0.6 is 0 Å². The molecule has 0 aromatic heterocycles. The maximum atomic E-state index is 2.78. The summed E-state index contributed by atoms with van der Waals surface area (Å²) < 4.78 is 0. The first-order valence-electron chi connectivity index (χ1n) is 6.02. The standard InChI is InChI=1S/C12H23N/c1-3-11(2)10-12-6-4-8-13(12)9-5-7-12/h11H,3-10H2,1-2H3. The first kappa shape index (κ1) is 9.51. The molecular weight excluding hydrogens is 158 g/mol. The van der Waals surface area contributed by atoms with Crippen molar-refractivity contribution in [3.05, 3.63) is 0 Å². The lowest BCUT2D eigenvalue weighted by molar-refractivity contribution is 0.157. The van der Waals surface area contributed by atoms with E-state index in [1.165, 1.54) is 51.6 Å². The molecule has 13 heavy (non-hydrogen) atoms. The molecule has 0 spiro atoms. The zero-order chi connectivity index (χ0) is 9.31.